The SMILES string of the molecule is O=Cc1cccc(-c2c3nc(c(-c4cccc(C=O)c4)c4ccc([nH]4)c(-c4cccc(C=O)c4)c4nc(c(-c5cccc(C=O)c5)c5ccc2[nH]5)C=C4)C=C3)c1. The number of benzene rings is 4. The van der Waals surface area contributed by atoms with E-state index in [2.05, 4.69) is 9.97 Å². The molecule has 7 aromatic rings. The second-order valence-electron chi connectivity index (χ2n) is 13.5. The van der Waals surface area contributed by atoms with Gasteiger partial charge in [-0.1, -0.05) is 72.8 Å². The molecule has 0 saturated carbocycles. The molecule has 2 N–H and O–H groups in total. The zero-order valence-electron chi connectivity index (χ0n) is 29.7. The van der Waals surface area contributed by atoms with Gasteiger partial charge in [-0.2, -0.15) is 0 Å². The number of rotatable bonds is 8. The average Bonchev–Trinajstić information content (AvgIpc) is 4.09. The minimum atomic E-state index is 0.523. The lowest BCUT2D eigenvalue weighted by Crippen LogP contribution is -1.91. The van der Waals surface area contributed by atoms with Crippen molar-refractivity contribution in [2.75, 3.05) is 0 Å². The molecule has 0 spiro atoms. The summed E-state index contributed by atoms with van der Waals surface area (Å²) >= 11 is 0. The summed E-state index contributed by atoms with van der Waals surface area (Å²) in [4.78, 5) is 65.7. The molecule has 0 atom stereocenters. The van der Waals surface area contributed by atoms with Crippen LogP contribution in [0.25, 0.3) is 90.9 Å². The maximum absolute atomic E-state index is 12.0. The summed E-state index contributed by atoms with van der Waals surface area (Å²) in [5.74, 6) is 0. The lowest BCUT2D eigenvalue weighted by atomic mass is 10.0. The molecule has 0 saturated heterocycles. The zero-order chi connectivity index (χ0) is 38.2. The van der Waals surface area contributed by atoms with Gasteiger partial charge in [0.15, 0.2) is 0 Å². The van der Waals surface area contributed by atoms with E-state index in [1.807, 2.05) is 121 Å². The van der Waals surface area contributed by atoms with Crippen molar-refractivity contribution in [1.82, 2.24) is 19.9 Å². The number of nitrogens with zero attached hydrogens (tertiary/aromatic N) is 2. The summed E-state index contributed by atoms with van der Waals surface area (Å²) in [6, 6.07) is 37.5. The highest BCUT2D eigenvalue weighted by Crippen LogP contribution is 2.38. The van der Waals surface area contributed by atoms with Gasteiger partial charge in [0.25, 0.3) is 0 Å². The van der Waals surface area contributed by atoms with Crippen LogP contribution < -0.4 is 0 Å². The van der Waals surface area contributed by atoms with E-state index < -0.39 is 0 Å². The van der Waals surface area contributed by atoms with Crippen molar-refractivity contribution in [2.45, 2.75) is 0 Å². The van der Waals surface area contributed by atoms with Crippen LogP contribution in [0.15, 0.2) is 121 Å². The number of hydrogen-bond donors (Lipinski definition) is 2. The van der Waals surface area contributed by atoms with Crippen molar-refractivity contribution in [1.29, 1.82) is 0 Å². The summed E-state index contributed by atoms with van der Waals surface area (Å²) in [7, 11) is 0. The molecule has 5 heterocycles. The normalized spacial score (nSPS) is 11.7. The summed E-state index contributed by atoms with van der Waals surface area (Å²) < 4.78 is 0. The monoisotopic (exact) mass is 726 g/mol. The van der Waals surface area contributed by atoms with Crippen LogP contribution in [0.4, 0.5) is 0 Å². The Labute approximate surface area is 320 Å². The van der Waals surface area contributed by atoms with Gasteiger partial charge in [0.2, 0.25) is 0 Å². The molecule has 2 aliphatic rings. The van der Waals surface area contributed by atoms with E-state index >= 15 is 0 Å². The maximum Gasteiger partial charge on any atom is 0.150 e. The first-order valence-electron chi connectivity index (χ1n) is 17.9. The topological polar surface area (TPSA) is 126 Å². The van der Waals surface area contributed by atoms with Gasteiger partial charge < -0.3 is 9.97 Å². The number of nitrogens with one attached hydrogen (secondary N) is 2. The van der Waals surface area contributed by atoms with Gasteiger partial charge in [-0.05, 0) is 95.1 Å². The van der Waals surface area contributed by atoms with Crippen molar-refractivity contribution < 1.29 is 19.2 Å². The summed E-state index contributed by atoms with van der Waals surface area (Å²) in [6.45, 7) is 0. The molecule has 0 fully saturated rings. The molecular weight excluding hydrogens is 697 g/mol. The number of carbonyl (C=O) groups excluding carboxylic acids is 4. The molecule has 56 heavy (non-hydrogen) atoms. The predicted molar refractivity (Wildman–Crippen MR) is 222 cm³/mol. The Balaban J connectivity index is 1.49. The first-order valence-corrected chi connectivity index (χ1v) is 17.9. The van der Waals surface area contributed by atoms with Gasteiger partial charge in [-0.3, -0.25) is 19.2 Å². The molecule has 9 rings (SSSR count). The smallest absolute Gasteiger partial charge is 0.150 e. The molecule has 8 heteroatoms. The largest absolute Gasteiger partial charge is 0.354 e. The summed E-state index contributed by atoms with van der Waals surface area (Å²) in [5, 5.41) is 0. The van der Waals surface area contributed by atoms with Gasteiger partial charge in [-0.15, -0.1) is 0 Å². The second-order valence-corrected chi connectivity index (χ2v) is 13.5. The number of H-pyrrole nitrogens is 2. The van der Waals surface area contributed by atoms with Crippen molar-refractivity contribution in [3.8, 4) is 44.5 Å². The molecule has 4 aromatic carbocycles. The number of aromatic nitrogens is 4. The minimum absolute atomic E-state index is 0.523. The predicted octanol–water partition coefficient (Wildman–Crippen LogP) is 10.6. The van der Waals surface area contributed by atoms with E-state index in [0.29, 0.717) is 45.0 Å². The van der Waals surface area contributed by atoms with Crippen LogP contribution in [0.1, 0.15) is 64.2 Å². The van der Waals surface area contributed by atoms with E-state index in [4.69, 9.17) is 9.97 Å². The lowest BCUT2D eigenvalue weighted by molar-refractivity contribution is 0.111. The van der Waals surface area contributed by atoms with E-state index in [9.17, 15) is 19.2 Å². The van der Waals surface area contributed by atoms with E-state index in [1.54, 1.807) is 24.3 Å². The zero-order valence-corrected chi connectivity index (χ0v) is 29.7. The Bertz CT molecular complexity index is 2620. The lowest BCUT2D eigenvalue weighted by Gasteiger charge is -2.08. The number of aromatic amines is 2. The molecule has 8 nitrogen and oxygen atoms in total. The fraction of sp³-hybridized carbons (Fsp3) is 0. The van der Waals surface area contributed by atoms with Crippen LogP contribution in [-0.2, 0) is 0 Å². The Kier molecular flexibility index (Phi) is 8.60. The van der Waals surface area contributed by atoms with E-state index in [1.165, 1.54) is 0 Å². The quantitative estimate of drug-likeness (QED) is 0.150. The number of fused-ring (bicyclic) bond motifs is 8. The highest BCUT2D eigenvalue weighted by atomic mass is 16.1. The second kappa shape index (κ2) is 14.2. The minimum Gasteiger partial charge on any atom is -0.354 e. The fourth-order valence-electron chi connectivity index (χ4n) is 7.49. The Morgan fingerprint density at radius 3 is 0.821 bits per heavy atom. The van der Waals surface area contributed by atoms with Gasteiger partial charge in [0.1, 0.15) is 25.1 Å². The number of hydrogen-bond acceptors (Lipinski definition) is 6. The van der Waals surface area contributed by atoms with E-state index in [0.717, 1.165) is 91.7 Å². The van der Waals surface area contributed by atoms with E-state index in [-0.39, 0.29) is 0 Å². The third kappa shape index (κ3) is 6.11. The molecule has 0 aliphatic carbocycles. The molecule has 0 radical (unpaired) electrons. The van der Waals surface area contributed by atoms with Crippen LogP contribution in [-0.4, -0.2) is 45.1 Å². The van der Waals surface area contributed by atoms with Gasteiger partial charge in [0.05, 0.1) is 22.8 Å². The first-order chi connectivity index (χ1) is 27.5. The third-order valence-corrected chi connectivity index (χ3v) is 10.00. The first kappa shape index (κ1) is 34.0. The molecule has 0 amide bonds. The van der Waals surface area contributed by atoms with Gasteiger partial charge in [0, 0.05) is 66.6 Å². The van der Waals surface area contributed by atoms with Crippen molar-refractivity contribution >= 4 is 71.5 Å². The van der Waals surface area contributed by atoms with Gasteiger partial charge >= 0.3 is 0 Å². The van der Waals surface area contributed by atoms with Crippen molar-refractivity contribution in [2.24, 2.45) is 0 Å². The number of aldehydes is 4. The molecular formula is C48H30N4O4. The average molecular weight is 727 g/mol. The van der Waals surface area contributed by atoms with Crippen molar-refractivity contribution in [3.05, 3.63) is 166 Å². The summed E-state index contributed by atoms with van der Waals surface area (Å²) in [5.41, 5.74) is 14.0. The maximum atomic E-state index is 12.0. The van der Waals surface area contributed by atoms with Gasteiger partial charge in [-0.25, -0.2) is 9.97 Å². The number of carbonyl (C=O) groups is 4. The van der Waals surface area contributed by atoms with Crippen LogP contribution in [0.2, 0.25) is 0 Å². The standard InChI is InChI=1S/C48H30N4O4/c53-25-29-5-1-9-33(21-29)45-37-13-15-39(49-37)46(34-10-2-6-30(22-34)26-54)41-17-19-43(51-41)48(36-12-4-8-32(24-36)28-56)44-20-18-42(52-44)47(40-16-14-38(45)50-40)35-11-3-7-31(23-35)27-55/h1-28,49,52H. The Morgan fingerprint density at radius 2 is 0.589 bits per heavy atom. The van der Waals surface area contributed by atoms with Crippen LogP contribution in [0.5, 0.6) is 0 Å². The molecule has 266 valence electrons. The Hall–Kier alpha value is -7.84. The molecule has 3 aromatic heterocycles. The molecule has 2 aliphatic heterocycles. The highest BCUT2D eigenvalue weighted by molar-refractivity contribution is 6.01. The van der Waals surface area contributed by atoms with Crippen LogP contribution >= 0.6 is 0 Å². The third-order valence-electron chi connectivity index (χ3n) is 10.00. The molecule has 8 bridgehead atoms. The highest BCUT2D eigenvalue weighted by Gasteiger charge is 2.19. The fourth-order valence-corrected chi connectivity index (χ4v) is 7.49. The summed E-state index contributed by atoms with van der Waals surface area (Å²) in [6.07, 6.45) is 11.1. The Morgan fingerprint density at radius 1 is 0.339 bits per heavy atom. The van der Waals surface area contributed by atoms with Crippen LogP contribution in [0, 0.1) is 0 Å². The molecule has 0 unspecified atom stereocenters. The van der Waals surface area contributed by atoms with Crippen molar-refractivity contribution in [3.63, 3.8) is 0 Å². The van der Waals surface area contributed by atoms with Crippen LogP contribution in [0.3, 0.4) is 0 Å².